The summed E-state index contributed by atoms with van der Waals surface area (Å²) in [5.74, 6) is 0.897. The molecule has 1 fully saturated rings. The van der Waals surface area contributed by atoms with Crippen LogP contribution in [0.2, 0.25) is 0 Å². The topological polar surface area (TPSA) is 3.24 Å². The molecule has 16 heavy (non-hydrogen) atoms. The molecule has 0 saturated carbocycles. The molecule has 1 nitrogen and oxygen atoms in total. The maximum absolute atomic E-state index is 3.59. The standard InChI is InChI=1S/C14H20BrN/c1-12-2-4-14(5-3-12)11-16-8-6-13(10-15)7-9-16/h2-5,13H,6-11H2,1H3. The fraction of sp³-hybridized carbons (Fsp3) is 0.571. The summed E-state index contributed by atoms with van der Waals surface area (Å²) in [6.45, 7) is 5.77. The Morgan fingerprint density at radius 3 is 2.38 bits per heavy atom. The van der Waals surface area contributed by atoms with Crippen molar-refractivity contribution in [1.29, 1.82) is 0 Å². The third-order valence-electron chi connectivity index (χ3n) is 3.45. The maximum atomic E-state index is 3.59. The molecule has 1 saturated heterocycles. The highest BCUT2D eigenvalue weighted by molar-refractivity contribution is 9.09. The first kappa shape index (κ1) is 12.1. The zero-order chi connectivity index (χ0) is 11.4. The van der Waals surface area contributed by atoms with Gasteiger partial charge in [-0.2, -0.15) is 0 Å². The first-order chi connectivity index (χ1) is 7.78. The Hall–Kier alpha value is -0.340. The fourth-order valence-corrected chi connectivity index (χ4v) is 2.90. The summed E-state index contributed by atoms with van der Waals surface area (Å²) >= 11 is 3.59. The van der Waals surface area contributed by atoms with Crippen LogP contribution in [0.15, 0.2) is 24.3 Å². The molecule has 1 aliphatic heterocycles. The van der Waals surface area contributed by atoms with Crippen molar-refractivity contribution in [3.63, 3.8) is 0 Å². The summed E-state index contributed by atoms with van der Waals surface area (Å²) in [6.07, 6.45) is 2.69. The van der Waals surface area contributed by atoms with Gasteiger partial charge in [0.15, 0.2) is 0 Å². The number of aryl methyl sites for hydroxylation is 1. The zero-order valence-corrected chi connectivity index (χ0v) is 11.5. The number of hydrogen-bond donors (Lipinski definition) is 0. The summed E-state index contributed by atoms with van der Waals surface area (Å²) in [5, 5.41) is 1.17. The molecular formula is C14H20BrN. The van der Waals surface area contributed by atoms with E-state index in [1.54, 1.807) is 0 Å². The minimum absolute atomic E-state index is 0.897. The number of hydrogen-bond acceptors (Lipinski definition) is 1. The Kier molecular flexibility index (Phi) is 4.42. The van der Waals surface area contributed by atoms with Crippen molar-refractivity contribution in [3.05, 3.63) is 35.4 Å². The lowest BCUT2D eigenvalue weighted by Gasteiger charge is -2.31. The Morgan fingerprint density at radius 2 is 1.81 bits per heavy atom. The molecule has 0 aromatic heterocycles. The number of likely N-dealkylation sites (tertiary alicyclic amines) is 1. The lowest BCUT2D eigenvalue weighted by Crippen LogP contribution is -2.33. The fourth-order valence-electron chi connectivity index (χ4n) is 2.25. The third-order valence-corrected chi connectivity index (χ3v) is 4.37. The summed E-state index contributed by atoms with van der Waals surface area (Å²) in [4.78, 5) is 2.57. The first-order valence-corrected chi connectivity index (χ1v) is 7.24. The van der Waals surface area contributed by atoms with Gasteiger partial charge in [0.25, 0.3) is 0 Å². The lowest BCUT2D eigenvalue weighted by atomic mass is 9.99. The van der Waals surface area contributed by atoms with Crippen molar-refractivity contribution in [2.75, 3.05) is 18.4 Å². The molecule has 0 radical (unpaired) electrons. The van der Waals surface area contributed by atoms with Crippen LogP contribution < -0.4 is 0 Å². The minimum atomic E-state index is 0.897. The van der Waals surface area contributed by atoms with Crippen molar-refractivity contribution in [2.24, 2.45) is 5.92 Å². The molecule has 0 spiro atoms. The van der Waals surface area contributed by atoms with E-state index in [1.165, 1.54) is 42.4 Å². The van der Waals surface area contributed by atoms with E-state index in [1.807, 2.05) is 0 Å². The van der Waals surface area contributed by atoms with E-state index >= 15 is 0 Å². The van der Waals surface area contributed by atoms with Crippen molar-refractivity contribution < 1.29 is 0 Å². The number of benzene rings is 1. The van der Waals surface area contributed by atoms with Crippen LogP contribution in [0.1, 0.15) is 24.0 Å². The van der Waals surface area contributed by atoms with E-state index in [-0.39, 0.29) is 0 Å². The lowest BCUT2D eigenvalue weighted by molar-refractivity contribution is 0.187. The normalized spacial score (nSPS) is 18.9. The average Bonchev–Trinajstić information content (AvgIpc) is 2.33. The second kappa shape index (κ2) is 5.83. The Bertz CT molecular complexity index is 312. The van der Waals surface area contributed by atoms with E-state index in [0.29, 0.717) is 0 Å². The second-order valence-corrected chi connectivity index (χ2v) is 5.51. The molecule has 0 atom stereocenters. The molecule has 0 aliphatic carbocycles. The van der Waals surface area contributed by atoms with Crippen LogP contribution in [0.4, 0.5) is 0 Å². The van der Waals surface area contributed by atoms with Gasteiger partial charge in [0.1, 0.15) is 0 Å². The second-order valence-electron chi connectivity index (χ2n) is 4.86. The average molecular weight is 282 g/mol. The highest BCUT2D eigenvalue weighted by atomic mass is 79.9. The van der Waals surface area contributed by atoms with Gasteiger partial charge in [-0.05, 0) is 44.3 Å². The molecule has 0 bridgehead atoms. The van der Waals surface area contributed by atoms with Crippen molar-refractivity contribution in [2.45, 2.75) is 26.3 Å². The van der Waals surface area contributed by atoms with Crippen LogP contribution in [0, 0.1) is 12.8 Å². The van der Waals surface area contributed by atoms with E-state index < -0.39 is 0 Å². The smallest absolute Gasteiger partial charge is 0.0233 e. The number of rotatable bonds is 3. The van der Waals surface area contributed by atoms with Gasteiger partial charge in [0, 0.05) is 11.9 Å². The van der Waals surface area contributed by atoms with Crippen molar-refractivity contribution >= 4 is 15.9 Å². The summed E-state index contributed by atoms with van der Waals surface area (Å²) < 4.78 is 0. The minimum Gasteiger partial charge on any atom is -0.299 e. The molecule has 1 aromatic carbocycles. The van der Waals surface area contributed by atoms with Crippen LogP contribution >= 0.6 is 15.9 Å². The summed E-state index contributed by atoms with van der Waals surface area (Å²) in [7, 11) is 0. The van der Waals surface area contributed by atoms with E-state index in [2.05, 4.69) is 52.0 Å². The van der Waals surface area contributed by atoms with Gasteiger partial charge >= 0.3 is 0 Å². The van der Waals surface area contributed by atoms with E-state index in [9.17, 15) is 0 Å². The number of piperidine rings is 1. The Labute approximate surface area is 107 Å². The number of alkyl halides is 1. The van der Waals surface area contributed by atoms with Gasteiger partial charge in [0.05, 0.1) is 0 Å². The number of halogens is 1. The molecular weight excluding hydrogens is 262 g/mol. The van der Waals surface area contributed by atoms with Crippen LogP contribution in [0.25, 0.3) is 0 Å². The van der Waals surface area contributed by atoms with Crippen molar-refractivity contribution in [3.8, 4) is 0 Å². The highest BCUT2D eigenvalue weighted by Gasteiger charge is 2.17. The SMILES string of the molecule is Cc1ccc(CN2CCC(CBr)CC2)cc1. The van der Waals surface area contributed by atoms with E-state index in [0.717, 1.165) is 12.5 Å². The first-order valence-electron chi connectivity index (χ1n) is 6.12. The molecule has 2 rings (SSSR count). The van der Waals surface area contributed by atoms with Gasteiger partial charge in [-0.15, -0.1) is 0 Å². The van der Waals surface area contributed by atoms with Gasteiger partial charge in [-0.25, -0.2) is 0 Å². The monoisotopic (exact) mass is 281 g/mol. The maximum Gasteiger partial charge on any atom is 0.0233 e. The van der Waals surface area contributed by atoms with Crippen molar-refractivity contribution in [1.82, 2.24) is 4.90 Å². The van der Waals surface area contributed by atoms with E-state index in [4.69, 9.17) is 0 Å². The number of nitrogens with zero attached hydrogens (tertiary/aromatic N) is 1. The van der Waals surface area contributed by atoms with Crippen LogP contribution in [0.3, 0.4) is 0 Å². The molecule has 2 heteroatoms. The molecule has 88 valence electrons. The van der Waals surface area contributed by atoms with Gasteiger partial charge < -0.3 is 0 Å². The van der Waals surface area contributed by atoms with Gasteiger partial charge in [-0.1, -0.05) is 45.8 Å². The molecule has 0 N–H and O–H groups in total. The third kappa shape index (κ3) is 3.33. The van der Waals surface area contributed by atoms with Crippen LogP contribution in [0.5, 0.6) is 0 Å². The van der Waals surface area contributed by atoms with Crippen LogP contribution in [-0.4, -0.2) is 23.3 Å². The largest absolute Gasteiger partial charge is 0.299 e. The van der Waals surface area contributed by atoms with Crippen LogP contribution in [-0.2, 0) is 6.54 Å². The molecule has 1 aliphatic rings. The predicted molar refractivity (Wildman–Crippen MR) is 73.0 cm³/mol. The Morgan fingerprint density at radius 1 is 1.19 bits per heavy atom. The Balaban J connectivity index is 1.84. The molecule has 0 unspecified atom stereocenters. The highest BCUT2D eigenvalue weighted by Crippen LogP contribution is 2.20. The van der Waals surface area contributed by atoms with Gasteiger partial charge in [0.2, 0.25) is 0 Å². The zero-order valence-electron chi connectivity index (χ0n) is 9.95. The van der Waals surface area contributed by atoms with Gasteiger partial charge in [-0.3, -0.25) is 4.90 Å². The molecule has 0 amide bonds. The quantitative estimate of drug-likeness (QED) is 0.766. The molecule has 1 aromatic rings. The predicted octanol–water partition coefficient (Wildman–Crippen LogP) is 3.60. The molecule has 1 heterocycles. The summed E-state index contributed by atoms with van der Waals surface area (Å²) in [6, 6.07) is 8.93. The summed E-state index contributed by atoms with van der Waals surface area (Å²) in [5.41, 5.74) is 2.80.